The number of carbonyl (C=O) groups is 2. The molecule has 3 atom stereocenters. The van der Waals surface area contributed by atoms with E-state index in [9.17, 15) is 9.59 Å². The lowest BCUT2D eigenvalue weighted by molar-refractivity contribution is -0.140. The van der Waals surface area contributed by atoms with Gasteiger partial charge in [0.15, 0.2) is 0 Å². The summed E-state index contributed by atoms with van der Waals surface area (Å²) in [6, 6.07) is 13.1. The number of hydrogen-bond donors (Lipinski definition) is 2. The monoisotopic (exact) mass is 422 g/mol. The number of methoxy groups -OCH3 is 1. The number of ether oxygens (including phenoxy) is 2. The smallest absolute Gasteiger partial charge is 0.307 e. The molecule has 0 aliphatic carbocycles. The van der Waals surface area contributed by atoms with Gasteiger partial charge in [-0.1, -0.05) is 41.5 Å². The van der Waals surface area contributed by atoms with Crippen LogP contribution >= 0.6 is 0 Å². The van der Waals surface area contributed by atoms with Gasteiger partial charge < -0.3 is 20.1 Å². The molecule has 6 nitrogen and oxygen atoms in total. The fraction of sp³-hybridized carbons (Fsp3) is 0.440. The van der Waals surface area contributed by atoms with E-state index in [1.165, 1.54) is 23.8 Å². The van der Waals surface area contributed by atoms with Crippen LogP contribution in [0.1, 0.15) is 52.8 Å². The van der Waals surface area contributed by atoms with Crippen LogP contribution in [0.15, 0.2) is 36.4 Å². The summed E-state index contributed by atoms with van der Waals surface area (Å²) in [7, 11) is 1.34. The summed E-state index contributed by atoms with van der Waals surface area (Å²) in [4.78, 5) is 23.5. The zero-order valence-corrected chi connectivity index (χ0v) is 18.4. The van der Waals surface area contributed by atoms with Crippen molar-refractivity contribution in [2.75, 3.05) is 25.6 Å². The molecule has 6 heteroatoms. The predicted octanol–water partition coefficient (Wildman–Crippen LogP) is 3.77. The van der Waals surface area contributed by atoms with E-state index in [4.69, 9.17) is 4.74 Å². The summed E-state index contributed by atoms with van der Waals surface area (Å²) in [5, 5.41) is 6.52. The highest BCUT2D eigenvalue weighted by molar-refractivity contribution is 5.79. The highest BCUT2D eigenvalue weighted by atomic mass is 16.5. The van der Waals surface area contributed by atoms with Gasteiger partial charge in [-0.15, -0.1) is 0 Å². The Bertz CT molecular complexity index is 967. The molecule has 0 aromatic heterocycles. The summed E-state index contributed by atoms with van der Waals surface area (Å²) in [5.74, 6) is -0.0783. The van der Waals surface area contributed by atoms with E-state index in [2.05, 4.69) is 59.5 Å². The zero-order valence-electron chi connectivity index (χ0n) is 18.4. The SMILES string of the molecule is COC(=O)CCNC(=O)Cc1ccc2c(c1)[C@@H]1OCC[C@@H]1[C@H](c1cc(C)cc(C)c1)N2. The maximum Gasteiger partial charge on any atom is 0.307 e. The minimum atomic E-state index is -0.331. The fourth-order valence-corrected chi connectivity index (χ4v) is 4.81. The van der Waals surface area contributed by atoms with E-state index >= 15 is 0 Å². The van der Waals surface area contributed by atoms with Crippen LogP contribution in [-0.4, -0.2) is 32.1 Å². The van der Waals surface area contributed by atoms with Crippen molar-refractivity contribution >= 4 is 17.6 Å². The van der Waals surface area contributed by atoms with Crippen LogP contribution in [0.4, 0.5) is 5.69 Å². The molecule has 2 N–H and O–H groups in total. The molecule has 1 amide bonds. The van der Waals surface area contributed by atoms with Gasteiger partial charge in [0.2, 0.25) is 5.91 Å². The maximum atomic E-state index is 12.3. The number of esters is 1. The minimum Gasteiger partial charge on any atom is -0.469 e. The van der Waals surface area contributed by atoms with E-state index in [0.717, 1.165) is 29.8 Å². The van der Waals surface area contributed by atoms with Crippen molar-refractivity contribution in [2.45, 2.75) is 45.3 Å². The lowest BCUT2D eigenvalue weighted by atomic mass is 9.80. The Morgan fingerprint density at radius 1 is 1.16 bits per heavy atom. The van der Waals surface area contributed by atoms with Gasteiger partial charge in [0.1, 0.15) is 0 Å². The van der Waals surface area contributed by atoms with Crippen molar-refractivity contribution in [1.82, 2.24) is 5.32 Å². The Labute approximate surface area is 183 Å². The van der Waals surface area contributed by atoms with Crippen molar-refractivity contribution in [3.63, 3.8) is 0 Å². The summed E-state index contributed by atoms with van der Waals surface area (Å²) < 4.78 is 10.8. The number of amides is 1. The number of rotatable bonds is 6. The van der Waals surface area contributed by atoms with Crippen molar-refractivity contribution < 1.29 is 19.1 Å². The van der Waals surface area contributed by atoms with Crippen molar-refractivity contribution in [1.29, 1.82) is 0 Å². The summed E-state index contributed by atoms with van der Waals surface area (Å²) in [6.45, 7) is 5.30. The number of anilines is 1. The number of benzene rings is 2. The van der Waals surface area contributed by atoms with Gasteiger partial charge in [-0.25, -0.2) is 0 Å². The van der Waals surface area contributed by atoms with Crippen LogP contribution in [-0.2, 0) is 25.5 Å². The Kier molecular flexibility index (Phi) is 6.28. The Balaban J connectivity index is 1.50. The van der Waals surface area contributed by atoms with Gasteiger partial charge >= 0.3 is 5.97 Å². The van der Waals surface area contributed by atoms with Gasteiger partial charge in [0.05, 0.1) is 32.1 Å². The second-order valence-corrected chi connectivity index (χ2v) is 8.56. The van der Waals surface area contributed by atoms with Gasteiger partial charge in [-0.2, -0.15) is 0 Å². The Morgan fingerprint density at radius 2 is 1.94 bits per heavy atom. The molecule has 0 radical (unpaired) electrons. The predicted molar refractivity (Wildman–Crippen MR) is 119 cm³/mol. The molecule has 2 heterocycles. The van der Waals surface area contributed by atoms with Crippen LogP contribution in [0.5, 0.6) is 0 Å². The number of hydrogen-bond acceptors (Lipinski definition) is 5. The van der Waals surface area contributed by atoms with Gasteiger partial charge in [0, 0.05) is 30.3 Å². The number of nitrogens with one attached hydrogen (secondary N) is 2. The van der Waals surface area contributed by atoms with Crippen LogP contribution in [0, 0.1) is 19.8 Å². The summed E-state index contributed by atoms with van der Waals surface area (Å²) >= 11 is 0. The van der Waals surface area contributed by atoms with Crippen molar-refractivity contribution in [3.05, 3.63) is 64.2 Å². The minimum absolute atomic E-state index is 0.0319. The van der Waals surface area contributed by atoms with Gasteiger partial charge in [-0.05, 0) is 37.5 Å². The Hall–Kier alpha value is -2.86. The molecule has 2 aromatic rings. The third-order valence-electron chi connectivity index (χ3n) is 6.15. The third kappa shape index (κ3) is 4.74. The largest absolute Gasteiger partial charge is 0.469 e. The van der Waals surface area contributed by atoms with E-state index in [0.29, 0.717) is 5.92 Å². The van der Waals surface area contributed by atoms with Crippen LogP contribution in [0.3, 0.4) is 0 Å². The molecule has 2 aliphatic heterocycles. The highest BCUT2D eigenvalue weighted by Gasteiger charge is 2.41. The topological polar surface area (TPSA) is 76.7 Å². The first-order valence-corrected chi connectivity index (χ1v) is 10.9. The molecule has 1 saturated heterocycles. The standard InChI is InChI=1S/C25H30N2O4/c1-15-10-16(2)12-18(11-15)24-19-7-9-31-25(19)20-13-17(4-5-21(20)27-24)14-22(28)26-8-6-23(29)30-3/h4-5,10-13,19,24-25,27H,6-9,14H2,1-3H3,(H,26,28)/t19-,24+,25-/m1/s1. The normalized spacial score (nSPS) is 21.6. The molecule has 0 spiro atoms. The zero-order chi connectivity index (χ0) is 22.0. The first-order valence-electron chi connectivity index (χ1n) is 10.9. The molecule has 1 fully saturated rings. The van der Waals surface area contributed by atoms with Crippen LogP contribution in [0.25, 0.3) is 0 Å². The molecule has 4 rings (SSSR count). The lowest BCUT2D eigenvalue weighted by Crippen LogP contribution is -2.30. The average Bonchev–Trinajstić information content (AvgIpc) is 3.22. The molecular weight excluding hydrogens is 392 g/mol. The van der Waals surface area contributed by atoms with Crippen LogP contribution in [0.2, 0.25) is 0 Å². The van der Waals surface area contributed by atoms with Gasteiger partial charge in [-0.3, -0.25) is 9.59 Å². The van der Waals surface area contributed by atoms with E-state index < -0.39 is 0 Å². The molecule has 31 heavy (non-hydrogen) atoms. The number of fused-ring (bicyclic) bond motifs is 3. The molecule has 2 aromatic carbocycles. The number of carbonyl (C=O) groups excluding carboxylic acids is 2. The van der Waals surface area contributed by atoms with E-state index in [1.54, 1.807) is 0 Å². The van der Waals surface area contributed by atoms with E-state index in [1.807, 2.05) is 6.07 Å². The average molecular weight is 423 g/mol. The second-order valence-electron chi connectivity index (χ2n) is 8.56. The maximum absolute atomic E-state index is 12.3. The molecule has 164 valence electrons. The Morgan fingerprint density at radius 3 is 2.68 bits per heavy atom. The quantitative estimate of drug-likeness (QED) is 0.693. The molecular formula is C25H30N2O4. The third-order valence-corrected chi connectivity index (χ3v) is 6.15. The van der Waals surface area contributed by atoms with Gasteiger partial charge in [0.25, 0.3) is 0 Å². The van der Waals surface area contributed by atoms with Crippen LogP contribution < -0.4 is 10.6 Å². The molecule has 0 bridgehead atoms. The lowest BCUT2D eigenvalue weighted by Gasteiger charge is -2.37. The summed E-state index contributed by atoms with van der Waals surface area (Å²) in [6.07, 6.45) is 1.48. The van der Waals surface area contributed by atoms with Crippen molar-refractivity contribution in [3.8, 4) is 0 Å². The van der Waals surface area contributed by atoms with E-state index in [-0.39, 0.29) is 43.4 Å². The highest BCUT2D eigenvalue weighted by Crippen LogP contribution is 2.50. The molecule has 0 saturated carbocycles. The number of aryl methyl sites for hydroxylation is 2. The first kappa shape index (κ1) is 21.4. The second kappa shape index (κ2) is 9.10. The van der Waals surface area contributed by atoms with Crippen molar-refractivity contribution in [2.24, 2.45) is 5.92 Å². The molecule has 2 aliphatic rings. The first-order chi connectivity index (χ1) is 14.9. The molecule has 0 unspecified atom stereocenters. The summed E-state index contributed by atoms with van der Waals surface area (Å²) in [5.41, 5.74) is 6.98. The fourth-order valence-electron chi connectivity index (χ4n) is 4.81.